The first-order valence-electron chi connectivity index (χ1n) is 8.57. The number of likely N-dealkylation sites (tertiary alicyclic amines) is 1. The minimum Gasteiger partial charge on any atom is -0.299 e. The highest BCUT2D eigenvalue weighted by Crippen LogP contribution is 2.44. The SMILES string of the molecule is O=C(NO)c1cc(F)cc(CN2CCC3(CCCCC3)CC2)c1. The molecule has 1 aliphatic heterocycles. The van der Waals surface area contributed by atoms with Crippen LogP contribution in [0.4, 0.5) is 4.39 Å². The Morgan fingerprint density at radius 2 is 1.83 bits per heavy atom. The lowest BCUT2D eigenvalue weighted by Gasteiger charge is -2.44. The summed E-state index contributed by atoms with van der Waals surface area (Å²) in [5.74, 6) is -1.12. The fourth-order valence-corrected chi connectivity index (χ4v) is 4.18. The number of carbonyl (C=O) groups excluding carboxylic acids is 1. The molecule has 1 aromatic carbocycles. The number of hydrogen-bond acceptors (Lipinski definition) is 3. The van der Waals surface area contributed by atoms with Crippen molar-refractivity contribution in [3.05, 3.63) is 35.1 Å². The number of piperidine rings is 1. The molecule has 1 aromatic rings. The van der Waals surface area contributed by atoms with Gasteiger partial charge in [0.15, 0.2) is 0 Å². The second-order valence-electron chi connectivity index (χ2n) is 7.13. The minimum atomic E-state index is -0.675. The number of hydroxylamine groups is 1. The predicted octanol–water partition coefficient (Wildman–Crippen LogP) is 3.49. The molecule has 1 saturated heterocycles. The monoisotopic (exact) mass is 320 g/mol. The highest BCUT2D eigenvalue weighted by molar-refractivity contribution is 5.93. The second kappa shape index (κ2) is 6.97. The van der Waals surface area contributed by atoms with Gasteiger partial charge in [0.25, 0.3) is 5.91 Å². The lowest BCUT2D eigenvalue weighted by molar-refractivity contribution is 0.0640. The van der Waals surface area contributed by atoms with Crippen molar-refractivity contribution in [2.75, 3.05) is 13.1 Å². The molecule has 2 N–H and O–H groups in total. The van der Waals surface area contributed by atoms with Gasteiger partial charge in [-0.05, 0) is 68.0 Å². The fraction of sp³-hybridized carbons (Fsp3) is 0.611. The highest BCUT2D eigenvalue weighted by atomic mass is 19.1. The normalized spacial score (nSPS) is 21.3. The number of nitrogens with one attached hydrogen (secondary N) is 1. The molecule has 4 nitrogen and oxygen atoms in total. The Morgan fingerprint density at radius 1 is 1.13 bits per heavy atom. The number of rotatable bonds is 3. The number of amides is 1. The van der Waals surface area contributed by atoms with Gasteiger partial charge in [-0.1, -0.05) is 19.3 Å². The van der Waals surface area contributed by atoms with Crippen LogP contribution in [0.3, 0.4) is 0 Å². The molecule has 23 heavy (non-hydrogen) atoms. The van der Waals surface area contributed by atoms with E-state index in [1.165, 1.54) is 51.0 Å². The molecule has 2 fully saturated rings. The van der Waals surface area contributed by atoms with Crippen LogP contribution in [0, 0.1) is 11.2 Å². The maximum Gasteiger partial charge on any atom is 0.274 e. The van der Waals surface area contributed by atoms with Crippen LogP contribution in [0.5, 0.6) is 0 Å². The van der Waals surface area contributed by atoms with E-state index in [0.717, 1.165) is 24.7 Å². The summed E-state index contributed by atoms with van der Waals surface area (Å²) in [6.07, 6.45) is 9.29. The van der Waals surface area contributed by atoms with Crippen molar-refractivity contribution in [2.24, 2.45) is 5.41 Å². The third-order valence-electron chi connectivity index (χ3n) is 5.56. The molecule has 3 rings (SSSR count). The first kappa shape index (κ1) is 16.4. The zero-order chi connectivity index (χ0) is 16.3. The molecule has 0 radical (unpaired) electrons. The molecular weight excluding hydrogens is 295 g/mol. The van der Waals surface area contributed by atoms with Gasteiger partial charge < -0.3 is 0 Å². The van der Waals surface area contributed by atoms with E-state index in [0.29, 0.717) is 12.0 Å². The molecule has 0 bridgehead atoms. The molecule has 0 atom stereocenters. The summed E-state index contributed by atoms with van der Waals surface area (Å²) in [6.45, 7) is 2.73. The van der Waals surface area contributed by atoms with Crippen LogP contribution in [-0.4, -0.2) is 29.1 Å². The standard InChI is InChI=1S/C18H25FN2O2/c19-16-11-14(10-15(12-16)17(22)20-23)13-21-8-6-18(7-9-21)4-2-1-3-5-18/h10-12,23H,1-9,13H2,(H,20,22). The summed E-state index contributed by atoms with van der Waals surface area (Å²) >= 11 is 0. The van der Waals surface area contributed by atoms with Crippen molar-refractivity contribution in [1.82, 2.24) is 10.4 Å². The van der Waals surface area contributed by atoms with Gasteiger partial charge in [0.1, 0.15) is 5.82 Å². The number of benzene rings is 1. The average Bonchev–Trinajstić information content (AvgIpc) is 2.57. The largest absolute Gasteiger partial charge is 0.299 e. The summed E-state index contributed by atoms with van der Waals surface area (Å²) in [7, 11) is 0. The minimum absolute atomic E-state index is 0.156. The molecular formula is C18H25FN2O2. The Balaban J connectivity index is 1.62. The van der Waals surface area contributed by atoms with Gasteiger partial charge in [0.2, 0.25) is 0 Å². The van der Waals surface area contributed by atoms with Crippen LogP contribution in [0.2, 0.25) is 0 Å². The van der Waals surface area contributed by atoms with Gasteiger partial charge in [-0.2, -0.15) is 0 Å². The molecule has 2 aliphatic rings. The first-order valence-corrected chi connectivity index (χ1v) is 8.57. The number of nitrogens with zero attached hydrogens (tertiary/aromatic N) is 1. The number of hydrogen-bond donors (Lipinski definition) is 2. The van der Waals surface area contributed by atoms with E-state index in [4.69, 9.17) is 5.21 Å². The molecule has 126 valence electrons. The molecule has 0 aromatic heterocycles. The lowest BCUT2D eigenvalue weighted by atomic mass is 9.68. The summed E-state index contributed by atoms with van der Waals surface area (Å²) in [4.78, 5) is 13.8. The lowest BCUT2D eigenvalue weighted by Crippen LogP contribution is -2.40. The van der Waals surface area contributed by atoms with E-state index in [9.17, 15) is 9.18 Å². The maximum absolute atomic E-state index is 13.7. The Bertz CT molecular complexity index is 560. The average molecular weight is 320 g/mol. The number of halogens is 1. The first-order chi connectivity index (χ1) is 11.1. The van der Waals surface area contributed by atoms with Crippen molar-refractivity contribution >= 4 is 5.91 Å². The predicted molar refractivity (Wildman–Crippen MR) is 85.7 cm³/mol. The summed E-state index contributed by atoms with van der Waals surface area (Å²) < 4.78 is 13.7. The zero-order valence-corrected chi connectivity index (χ0v) is 13.5. The number of carbonyl (C=O) groups is 1. The Kier molecular flexibility index (Phi) is 4.97. The van der Waals surface area contributed by atoms with Gasteiger partial charge in [-0.15, -0.1) is 0 Å². The van der Waals surface area contributed by atoms with Gasteiger partial charge in [-0.3, -0.25) is 14.9 Å². The molecule has 1 spiro atoms. The summed E-state index contributed by atoms with van der Waals surface area (Å²) in [6, 6.07) is 4.26. The van der Waals surface area contributed by atoms with E-state index in [-0.39, 0.29) is 5.56 Å². The van der Waals surface area contributed by atoms with Crippen LogP contribution in [0.15, 0.2) is 18.2 Å². The van der Waals surface area contributed by atoms with Crippen molar-refractivity contribution in [1.29, 1.82) is 0 Å². The van der Waals surface area contributed by atoms with Gasteiger partial charge in [0, 0.05) is 12.1 Å². The highest BCUT2D eigenvalue weighted by Gasteiger charge is 2.35. The van der Waals surface area contributed by atoms with Gasteiger partial charge in [-0.25, -0.2) is 9.87 Å². The maximum atomic E-state index is 13.7. The van der Waals surface area contributed by atoms with E-state index in [1.807, 2.05) is 0 Å². The van der Waals surface area contributed by atoms with E-state index in [2.05, 4.69) is 4.90 Å². The Hall–Kier alpha value is -1.46. The van der Waals surface area contributed by atoms with Crippen molar-refractivity contribution in [2.45, 2.75) is 51.5 Å². The van der Waals surface area contributed by atoms with E-state index < -0.39 is 11.7 Å². The summed E-state index contributed by atoms with van der Waals surface area (Å²) in [5, 5.41) is 8.70. The van der Waals surface area contributed by atoms with Crippen LogP contribution < -0.4 is 5.48 Å². The Labute approximate surface area is 136 Å². The molecule has 1 aliphatic carbocycles. The van der Waals surface area contributed by atoms with Crippen LogP contribution in [0.1, 0.15) is 60.9 Å². The van der Waals surface area contributed by atoms with Crippen LogP contribution >= 0.6 is 0 Å². The topological polar surface area (TPSA) is 52.6 Å². The molecule has 1 heterocycles. The second-order valence-corrected chi connectivity index (χ2v) is 7.13. The van der Waals surface area contributed by atoms with Crippen LogP contribution in [-0.2, 0) is 6.54 Å². The third-order valence-corrected chi connectivity index (χ3v) is 5.56. The van der Waals surface area contributed by atoms with E-state index in [1.54, 1.807) is 11.5 Å². The molecule has 1 saturated carbocycles. The zero-order valence-electron chi connectivity index (χ0n) is 13.5. The molecule has 1 amide bonds. The quantitative estimate of drug-likeness (QED) is 0.662. The molecule has 5 heteroatoms. The smallest absolute Gasteiger partial charge is 0.274 e. The molecule has 0 unspecified atom stereocenters. The third kappa shape index (κ3) is 3.90. The van der Waals surface area contributed by atoms with Gasteiger partial charge >= 0.3 is 0 Å². The van der Waals surface area contributed by atoms with Crippen molar-refractivity contribution < 1.29 is 14.4 Å². The van der Waals surface area contributed by atoms with Crippen molar-refractivity contribution in [3.63, 3.8) is 0 Å². The van der Waals surface area contributed by atoms with E-state index >= 15 is 0 Å². The Morgan fingerprint density at radius 3 is 2.48 bits per heavy atom. The fourth-order valence-electron chi connectivity index (χ4n) is 4.18. The van der Waals surface area contributed by atoms with Crippen LogP contribution in [0.25, 0.3) is 0 Å². The van der Waals surface area contributed by atoms with Gasteiger partial charge in [0.05, 0.1) is 0 Å². The summed E-state index contributed by atoms with van der Waals surface area (Å²) in [5.41, 5.74) is 3.05. The van der Waals surface area contributed by atoms with Crippen molar-refractivity contribution in [3.8, 4) is 0 Å².